The van der Waals surface area contributed by atoms with E-state index in [9.17, 15) is 13.2 Å². The van der Waals surface area contributed by atoms with Gasteiger partial charge in [0, 0.05) is 26.1 Å². The lowest BCUT2D eigenvalue weighted by Gasteiger charge is -2.13. The molecule has 1 rings (SSSR count). The van der Waals surface area contributed by atoms with Crippen LogP contribution in [0.2, 0.25) is 0 Å². The highest BCUT2D eigenvalue weighted by Gasteiger charge is 2.25. The van der Waals surface area contributed by atoms with Crippen molar-refractivity contribution >= 4 is 29.9 Å². The van der Waals surface area contributed by atoms with Crippen LogP contribution < -0.4 is 10.6 Å². The topological polar surface area (TPSA) is 45.7 Å². The van der Waals surface area contributed by atoms with Gasteiger partial charge in [-0.3, -0.25) is 4.99 Å². The van der Waals surface area contributed by atoms with Crippen molar-refractivity contribution in [3.8, 4) is 0 Å². The molecule has 1 saturated heterocycles. The average Bonchev–Trinajstić information content (AvgIpc) is 2.87. The molecule has 0 aromatic carbocycles. The minimum atomic E-state index is -4.06. The first-order chi connectivity index (χ1) is 9.51. The fourth-order valence-corrected chi connectivity index (χ4v) is 1.98. The monoisotopic (exact) mass is 423 g/mol. The van der Waals surface area contributed by atoms with Crippen LogP contribution in [0.1, 0.15) is 39.0 Å². The predicted molar refractivity (Wildman–Crippen MR) is 88.3 cm³/mol. The third kappa shape index (κ3) is 11.0. The van der Waals surface area contributed by atoms with Crippen LogP contribution in [0.15, 0.2) is 4.99 Å². The highest BCUT2D eigenvalue weighted by molar-refractivity contribution is 14.0. The third-order valence-electron chi connectivity index (χ3n) is 3.00. The van der Waals surface area contributed by atoms with Gasteiger partial charge in [-0.1, -0.05) is 0 Å². The standard InChI is InChI=1S/C13H24F3N3O.HI/c1-2-17-12(19-10-11-6-5-9-20-11)18-8-4-3-7-13(14,15)16;/h11H,2-10H2,1H3,(H2,17,18,19);1H. The van der Waals surface area contributed by atoms with Gasteiger partial charge in [-0.2, -0.15) is 13.2 Å². The van der Waals surface area contributed by atoms with Crippen LogP contribution >= 0.6 is 24.0 Å². The van der Waals surface area contributed by atoms with E-state index in [0.29, 0.717) is 25.5 Å². The van der Waals surface area contributed by atoms with Crippen LogP contribution in [0.5, 0.6) is 0 Å². The smallest absolute Gasteiger partial charge is 0.376 e. The van der Waals surface area contributed by atoms with E-state index < -0.39 is 12.6 Å². The molecule has 0 aromatic heterocycles. The quantitative estimate of drug-likeness (QED) is 0.287. The molecule has 1 aliphatic heterocycles. The molecule has 0 spiro atoms. The van der Waals surface area contributed by atoms with Gasteiger partial charge in [0.1, 0.15) is 0 Å². The Balaban J connectivity index is 0.00000400. The average molecular weight is 423 g/mol. The normalized spacial score (nSPS) is 19.2. The molecule has 0 saturated carbocycles. The predicted octanol–water partition coefficient (Wildman–Crippen LogP) is 3.07. The summed E-state index contributed by atoms with van der Waals surface area (Å²) >= 11 is 0. The largest absolute Gasteiger partial charge is 0.389 e. The van der Waals surface area contributed by atoms with Crippen molar-refractivity contribution in [2.24, 2.45) is 4.99 Å². The number of nitrogens with zero attached hydrogens (tertiary/aromatic N) is 1. The molecule has 0 radical (unpaired) electrons. The maximum Gasteiger partial charge on any atom is 0.389 e. The first kappa shape index (κ1) is 20.8. The molecule has 0 bridgehead atoms. The molecule has 1 aliphatic rings. The number of guanidine groups is 1. The fraction of sp³-hybridized carbons (Fsp3) is 0.923. The van der Waals surface area contributed by atoms with E-state index in [1.165, 1.54) is 0 Å². The second-order valence-corrected chi connectivity index (χ2v) is 4.85. The Morgan fingerprint density at radius 2 is 2.05 bits per heavy atom. The highest BCUT2D eigenvalue weighted by Crippen LogP contribution is 2.21. The molecular weight excluding hydrogens is 398 g/mol. The van der Waals surface area contributed by atoms with Gasteiger partial charge < -0.3 is 15.4 Å². The lowest BCUT2D eigenvalue weighted by atomic mass is 10.2. The van der Waals surface area contributed by atoms with Crippen LogP contribution in [0, 0.1) is 0 Å². The SMILES string of the molecule is CCNC(=NCC1CCCO1)NCCCCC(F)(F)F.I. The van der Waals surface area contributed by atoms with E-state index in [-0.39, 0.29) is 36.5 Å². The zero-order chi connectivity index (χ0) is 14.8. The van der Waals surface area contributed by atoms with Gasteiger partial charge in [0.15, 0.2) is 5.96 Å². The van der Waals surface area contributed by atoms with Crippen molar-refractivity contribution in [1.82, 2.24) is 10.6 Å². The molecule has 1 fully saturated rings. The minimum Gasteiger partial charge on any atom is -0.376 e. The molecule has 1 atom stereocenters. The number of unbranched alkanes of at least 4 members (excludes halogenated alkanes) is 1. The van der Waals surface area contributed by atoms with Crippen LogP contribution in [0.25, 0.3) is 0 Å². The second-order valence-electron chi connectivity index (χ2n) is 4.85. The molecule has 126 valence electrons. The zero-order valence-corrected chi connectivity index (χ0v) is 14.7. The number of halogens is 4. The Hall–Kier alpha value is -0.250. The van der Waals surface area contributed by atoms with Crippen molar-refractivity contribution < 1.29 is 17.9 Å². The van der Waals surface area contributed by atoms with Crippen LogP contribution in [-0.2, 0) is 4.74 Å². The Morgan fingerprint density at radius 1 is 1.29 bits per heavy atom. The fourth-order valence-electron chi connectivity index (χ4n) is 1.98. The first-order valence-corrected chi connectivity index (χ1v) is 7.22. The van der Waals surface area contributed by atoms with E-state index in [0.717, 1.165) is 26.0 Å². The van der Waals surface area contributed by atoms with Crippen LogP contribution in [-0.4, -0.2) is 44.5 Å². The van der Waals surface area contributed by atoms with Gasteiger partial charge in [0.25, 0.3) is 0 Å². The molecule has 21 heavy (non-hydrogen) atoms. The Labute approximate surface area is 141 Å². The molecule has 0 aliphatic carbocycles. The van der Waals surface area contributed by atoms with E-state index in [1.807, 2.05) is 6.92 Å². The van der Waals surface area contributed by atoms with Gasteiger partial charge in [-0.25, -0.2) is 0 Å². The van der Waals surface area contributed by atoms with Gasteiger partial charge in [0.2, 0.25) is 0 Å². The molecule has 2 N–H and O–H groups in total. The lowest BCUT2D eigenvalue weighted by molar-refractivity contribution is -0.135. The zero-order valence-electron chi connectivity index (χ0n) is 12.3. The van der Waals surface area contributed by atoms with Crippen LogP contribution in [0.3, 0.4) is 0 Å². The number of aliphatic imine (C=N–C) groups is 1. The lowest BCUT2D eigenvalue weighted by Crippen LogP contribution is -2.38. The van der Waals surface area contributed by atoms with Gasteiger partial charge in [-0.15, -0.1) is 24.0 Å². The second kappa shape index (κ2) is 11.3. The summed E-state index contributed by atoms with van der Waals surface area (Å²) in [4.78, 5) is 4.39. The van der Waals surface area contributed by atoms with Crippen molar-refractivity contribution in [3.05, 3.63) is 0 Å². The molecule has 0 aromatic rings. The minimum absolute atomic E-state index is 0. The van der Waals surface area contributed by atoms with Crippen molar-refractivity contribution in [2.75, 3.05) is 26.2 Å². The summed E-state index contributed by atoms with van der Waals surface area (Å²) in [6, 6.07) is 0. The van der Waals surface area contributed by atoms with E-state index >= 15 is 0 Å². The summed E-state index contributed by atoms with van der Waals surface area (Å²) in [6.07, 6.45) is -1.89. The summed E-state index contributed by atoms with van der Waals surface area (Å²) in [7, 11) is 0. The maximum absolute atomic E-state index is 12.0. The summed E-state index contributed by atoms with van der Waals surface area (Å²) in [6.45, 7) is 4.56. The number of hydrogen-bond acceptors (Lipinski definition) is 2. The molecule has 1 unspecified atom stereocenters. The van der Waals surface area contributed by atoms with E-state index in [2.05, 4.69) is 15.6 Å². The maximum atomic E-state index is 12.0. The van der Waals surface area contributed by atoms with Crippen molar-refractivity contribution in [3.63, 3.8) is 0 Å². The first-order valence-electron chi connectivity index (χ1n) is 7.22. The Morgan fingerprint density at radius 3 is 2.62 bits per heavy atom. The molecule has 1 heterocycles. The summed E-state index contributed by atoms with van der Waals surface area (Å²) in [5.41, 5.74) is 0. The number of hydrogen-bond donors (Lipinski definition) is 2. The number of nitrogens with one attached hydrogen (secondary N) is 2. The molecule has 8 heteroatoms. The summed E-state index contributed by atoms with van der Waals surface area (Å²) in [5, 5.41) is 6.12. The van der Waals surface area contributed by atoms with Gasteiger partial charge >= 0.3 is 6.18 Å². The van der Waals surface area contributed by atoms with E-state index in [1.54, 1.807) is 0 Å². The van der Waals surface area contributed by atoms with Crippen molar-refractivity contribution in [1.29, 1.82) is 0 Å². The third-order valence-corrected chi connectivity index (χ3v) is 3.00. The van der Waals surface area contributed by atoms with Gasteiger partial charge in [-0.05, 0) is 32.6 Å². The van der Waals surface area contributed by atoms with Crippen molar-refractivity contribution in [2.45, 2.75) is 51.3 Å². The van der Waals surface area contributed by atoms with E-state index in [4.69, 9.17) is 4.74 Å². The van der Waals surface area contributed by atoms with Gasteiger partial charge in [0.05, 0.1) is 12.6 Å². The molecular formula is C13H25F3IN3O. The summed E-state index contributed by atoms with van der Waals surface area (Å²) in [5.74, 6) is 0.648. The molecule has 0 amide bonds. The number of alkyl halides is 3. The summed E-state index contributed by atoms with van der Waals surface area (Å²) < 4.78 is 41.4. The Kier molecular flexibility index (Phi) is 11.2. The van der Waals surface area contributed by atoms with Crippen LogP contribution in [0.4, 0.5) is 13.2 Å². The Bertz CT molecular complexity index is 295. The number of ether oxygens (including phenoxy) is 1. The highest BCUT2D eigenvalue weighted by atomic mass is 127. The molecule has 4 nitrogen and oxygen atoms in total. The number of rotatable bonds is 7.